The summed E-state index contributed by atoms with van der Waals surface area (Å²) >= 11 is 0. The topological polar surface area (TPSA) is 106 Å². The van der Waals surface area contributed by atoms with E-state index in [2.05, 4.69) is 25.5 Å². The Kier molecular flexibility index (Phi) is 5.18. The maximum atomic E-state index is 12.6. The molecule has 0 unspecified atom stereocenters. The fourth-order valence-corrected chi connectivity index (χ4v) is 3.80. The second-order valence-electron chi connectivity index (χ2n) is 7.43. The van der Waals surface area contributed by atoms with Crippen LogP contribution in [0.15, 0.2) is 35.4 Å². The number of aromatic nitrogens is 5. The van der Waals surface area contributed by atoms with Crippen molar-refractivity contribution in [3.05, 3.63) is 46.8 Å². The first-order chi connectivity index (χ1) is 13.6. The predicted molar refractivity (Wildman–Crippen MR) is 106 cm³/mol. The van der Waals surface area contributed by atoms with Crippen LogP contribution in [-0.2, 0) is 11.2 Å². The minimum Gasteiger partial charge on any atom is -0.291 e. The van der Waals surface area contributed by atoms with Gasteiger partial charge in [-0.05, 0) is 31.4 Å². The molecule has 0 saturated heterocycles. The van der Waals surface area contributed by atoms with E-state index in [1.807, 2.05) is 6.07 Å². The van der Waals surface area contributed by atoms with Crippen LogP contribution in [0.3, 0.4) is 0 Å². The number of amides is 1. The van der Waals surface area contributed by atoms with Gasteiger partial charge in [0.2, 0.25) is 11.9 Å². The Balaban J connectivity index is 1.42. The number of H-pyrrole nitrogens is 1. The Morgan fingerprint density at radius 2 is 2.11 bits per heavy atom. The van der Waals surface area contributed by atoms with Crippen molar-refractivity contribution < 1.29 is 4.79 Å². The zero-order chi connectivity index (χ0) is 19.5. The molecule has 2 N–H and O–H groups in total. The van der Waals surface area contributed by atoms with Crippen molar-refractivity contribution in [3.8, 4) is 0 Å². The van der Waals surface area contributed by atoms with Gasteiger partial charge in [0.25, 0.3) is 5.56 Å². The maximum Gasteiger partial charge on any atom is 0.261 e. The van der Waals surface area contributed by atoms with Crippen molar-refractivity contribution in [2.24, 2.45) is 5.92 Å². The predicted octanol–water partition coefficient (Wildman–Crippen LogP) is 2.84. The molecule has 0 radical (unpaired) electrons. The fraction of sp³-hybridized carbons (Fsp3) is 0.450. The molecule has 8 heteroatoms. The van der Waals surface area contributed by atoms with Gasteiger partial charge in [0.1, 0.15) is 11.9 Å². The van der Waals surface area contributed by atoms with Gasteiger partial charge in [-0.3, -0.25) is 24.6 Å². The van der Waals surface area contributed by atoms with Gasteiger partial charge in [0.05, 0.1) is 17.2 Å². The Labute approximate surface area is 162 Å². The fourth-order valence-electron chi connectivity index (χ4n) is 3.80. The molecular weight excluding hydrogens is 356 g/mol. The molecule has 8 nitrogen and oxygen atoms in total. The number of carbonyl (C=O) groups excluding carboxylic acids is 1. The lowest BCUT2D eigenvalue weighted by Crippen LogP contribution is -2.32. The van der Waals surface area contributed by atoms with Crippen molar-refractivity contribution in [1.82, 2.24) is 24.7 Å². The lowest BCUT2D eigenvalue weighted by atomic mass is 10.0. The minimum absolute atomic E-state index is 0.236. The number of anilines is 1. The van der Waals surface area contributed by atoms with E-state index in [0.29, 0.717) is 10.9 Å². The van der Waals surface area contributed by atoms with Crippen LogP contribution in [0.5, 0.6) is 0 Å². The van der Waals surface area contributed by atoms with Crippen LogP contribution in [0.25, 0.3) is 10.9 Å². The molecule has 1 fully saturated rings. The summed E-state index contributed by atoms with van der Waals surface area (Å²) in [6, 6.07) is 6.35. The van der Waals surface area contributed by atoms with Crippen LogP contribution in [0, 0.1) is 5.92 Å². The molecule has 1 aliphatic carbocycles. The summed E-state index contributed by atoms with van der Waals surface area (Å²) < 4.78 is 1.32. The lowest BCUT2D eigenvalue weighted by molar-refractivity contribution is -0.118. The van der Waals surface area contributed by atoms with E-state index in [4.69, 9.17) is 0 Å². The number of nitrogens with zero attached hydrogens (tertiary/aromatic N) is 4. The number of nitrogens with one attached hydrogen (secondary N) is 2. The summed E-state index contributed by atoms with van der Waals surface area (Å²) in [5.41, 5.74) is 0.359. The lowest BCUT2D eigenvalue weighted by Gasteiger charge is -2.13. The van der Waals surface area contributed by atoms with Crippen LogP contribution in [0.2, 0.25) is 0 Å². The van der Waals surface area contributed by atoms with Gasteiger partial charge in [0, 0.05) is 6.42 Å². The van der Waals surface area contributed by atoms with Crippen LogP contribution in [0.1, 0.15) is 50.9 Å². The van der Waals surface area contributed by atoms with Gasteiger partial charge in [-0.2, -0.15) is 4.98 Å². The molecular formula is C20H24N6O2. The minimum atomic E-state index is -0.731. The number of aryl methyl sites for hydroxylation is 1. The molecule has 1 saturated carbocycles. The van der Waals surface area contributed by atoms with E-state index in [1.165, 1.54) is 36.6 Å². The second kappa shape index (κ2) is 7.92. The molecule has 0 spiro atoms. The quantitative estimate of drug-likeness (QED) is 0.684. The van der Waals surface area contributed by atoms with E-state index >= 15 is 0 Å². The SMILES string of the molecule is C[C@H](C(=O)Nc1n[nH]c(CCC2CCCC2)n1)n1cnc2ccccc2c1=O. The molecule has 2 heterocycles. The molecule has 28 heavy (non-hydrogen) atoms. The normalized spacial score (nSPS) is 15.8. The van der Waals surface area contributed by atoms with E-state index in [-0.39, 0.29) is 17.4 Å². The van der Waals surface area contributed by atoms with Gasteiger partial charge in [-0.25, -0.2) is 4.98 Å². The molecule has 1 amide bonds. The number of aromatic amines is 1. The highest BCUT2D eigenvalue weighted by Gasteiger charge is 2.20. The number of para-hydroxylation sites is 1. The molecule has 0 aliphatic heterocycles. The highest BCUT2D eigenvalue weighted by molar-refractivity contribution is 5.92. The number of hydrogen-bond acceptors (Lipinski definition) is 5. The summed E-state index contributed by atoms with van der Waals surface area (Å²) in [6.07, 6.45) is 8.56. The highest BCUT2D eigenvalue weighted by atomic mass is 16.2. The number of carbonyl (C=O) groups is 1. The number of fused-ring (bicyclic) bond motifs is 1. The Morgan fingerprint density at radius 1 is 1.32 bits per heavy atom. The molecule has 4 rings (SSSR count). The number of hydrogen-bond donors (Lipinski definition) is 2. The summed E-state index contributed by atoms with van der Waals surface area (Å²) in [6.45, 7) is 1.65. The van der Waals surface area contributed by atoms with Crippen LogP contribution in [-0.4, -0.2) is 30.6 Å². The van der Waals surface area contributed by atoms with Gasteiger partial charge < -0.3 is 0 Å². The van der Waals surface area contributed by atoms with Crippen LogP contribution < -0.4 is 10.9 Å². The first-order valence-corrected chi connectivity index (χ1v) is 9.80. The summed E-state index contributed by atoms with van der Waals surface area (Å²) in [5.74, 6) is 1.43. The number of benzene rings is 1. The van der Waals surface area contributed by atoms with Crippen molar-refractivity contribution in [3.63, 3.8) is 0 Å². The van der Waals surface area contributed by atoms with Gasteiger partial charge in [-0.15, -0.1) is 5.10 Å². The van der Waals surface area contributed by atoms with Gasteiger partial charge in [0.15, 0.2) is 0 Å². The van der Waals surface area contributed by atoms with Crippen molar-refractivity contribution >= 4 is 22.8 Å². The molecule has 1 atom stereocenters. The first-order valence-electron chi connectivity index (χ1n) is 9.80. The third kappa shape index (κ3) is 3.81. The third-order valence-corrected chi connectivity index (χ3v) is 5.52. The van der Waals surface area contributed by atoms with Crippen LogP contribution in [0.4, 0.5) is 5.95 Å². The smallest absolute Gasteiger partial charge is 0.261 e. The van der Waals surface area contributed by atoms with Crippen molar-refractivity contribution in [2.75, 3.05) is 5.32 Å². The summed E-state index contributed by atoms with van der Waals surface area (Å²) in [7, 11) is 0. The van der Waals surface area contributed by atoms with E-state index in [9.17, 15) is 9.59 Å². The third-order valence-electron chi connectivity index (χ3n) is 5.52. The standard InChI is InChI=1S/C20H24N6O2/c1-13(26-12-21-16-9-5-4-8-15(16)19(26)28)18(27)23-20-22-17(24-25-20)11-10-14-6-2-3-7-14/h4-5,8-9,12-14H,2-3,6-7,10-11H2,1H3,(H2,22,23,24,25,27)/t13-/m1/s1. The second-order valence-corrected chi connectivity index (χ2v) is 7.43. The maximum absolute atomic E-state index is 12.6. The summed E-state index contributed by atoms with van der Waals surface area (Å²) in [4.78, 5) is 33.9. The van der Waals surface area contributed by atoms with Crippen LogP contribution >= 0.6 is 0 Å². The summed E-state index contributed by atoms with van der Waals surface area (Å²) in [5, 5.41) is 10.1. The Bertz CT molecular complexity index is 1030. The first kappa shape index (κ1) is 18.3. The zero-order valence-corrected chi connectivity index (χ0v) is 15.9. The highest BCUT2D eigenvalue weighted by Crippen LogP contribution is 2.28. The Hall–Kier alpha value is -3.03. The molecule has 2 aromatic heterocycles. The van der Waals surface area contributed by atoms with E-state index in [1.54, 1.807) is 25.1 Å². The largest absolute Gasteiger partial charge is 0.291 e. The average Bonchev–Trinajstić information content (AvgIpc) is 3.38. The van der Waals surface area contributed by atoms with Crippen molar-refractivity contribution in [1.29, 1.82) is 0 Å². The van der Waals surface area contributed by atoms with Gasteiger partial charge in [-0.1, -0.05) is 37.8 Å². The Morgan fingerprint density at radius 3 is 2.93 bits per heavy atom. The molecule has 3 aromatic rings. The number of rotatable bonds is 6. The van der Waals surface area contributed by atoms with E-state index in [0.717, 1.165) is 24.6 Å². The molecule has 1 aromatic carbocycles. The monoisotopic (exact) mass is 380 g/mol. The molecule has 1 aliphatic rings. The van der Waals surface area contributed by atoms with Gasteiger partial charge >= 0.3 is 0 Å². The van der Waals surface area contributed by atoms with Crippen molar-refractivity contribution in [2.45, 2.75) is 51.5 Å². The molecule has 146 valence electrons. The average molecular weight is 380 g/mol. The van der Waals surface area contributed by atoms with E-state index < -0.39 is 6.04 Å². The zero-order valence-electron chi connectivity index (χ0n) is 15.9. The molecule has 0 bridgehead atoms.